The fourth-order valence-corrected chi connectivity index (χ4v) is 4.43. The van der Waals surface area contributed by atoms with E-state index in [2.05, 4.69) is 15.4 Å². The van der Waals surface area contributed by atoms with Crippen LogP contribution in [0.3, 0.4) is 0 Å². The van der Waals surface area contributed by atoms with E-state index in [0.29, 0.717) is 17.0 Å². The molecule has 1 amide bonds. The van der Waals surface area contributed by atoms with Crippen LogP contribution in [0.2, 0.25) is 0 Å². The molecule has 0 saturated heterocycles. The van der Waals surface area contributed by atoms with Crippen molar-refractivity contribution in [2.45, 2.75) is 25.1 Å². The number of hydrogen-bond acceptors (Lipinski definition) is 6. The molecule has 0 bridgehead atoms. The maximum atomic E-state index is 12.9. The molecule has 0 unspecified atom stereocenters. The van der Waals surface area contributed by atoms with Crippen molar-refractivity contribution >= 4 is 33.3 Å². The lowest BCUT2D eigenvalue weighted by Crippen LogP contribution is -2.25. The molecule has 1 aromatic carbocycles. The number of carboxylic acids is 1. The summed E-state index contributed by atoms with van der Waals surface area (Å²) in [6.07, 6.45) is 0.464. The molecule has 0 radical (unpaired) electrons. The lowest BCUT2D eigenvalue weighted by molar-refractivity contribution is -0.192. The van der Waals surface area contributed by atoms with Gasteiger partial charge < -0.3 is 10.4 Å². The smallest absolute Gasteiger partial charge is 0.475 e. The zero-order chi connectivity index (χ0) is 26.0. The van der Waals surface area contributed by atoms with Crippen molar-refractivity contribution in [3.05, 3.63) is 70.1 Å². The van der Waals surface area contributed by atoms with Crippen LogP contribution in [0.5, 0.6) is 0 Å². The van der Waals surface area contributed by atoms with Gasteiger partial charge in [-0.15, -0.1) is 11.3 Å². The molecule has 1 saturated carbocycles. The number of halogens is 3. The van der Waals surface area contributed by atoms with E-state index >= 15 is 0 Å². The van der Waals surface area contributed by atoms with E-state index in [4.69, 9.17) is 9.90 Å². The summed E-state index contributed by atoms with van der Waals surface area (Å²) in [5, 5.41) is 17.2. The highest BCUT2D eigenvalue weighted by atomic mass is 32.1. The maximum absolute atomic E-state index is 12.9. The third-order valence-electron chi connectivity index (χ3n) is 5.33. The summed E-state index contributed by atoms with van der Waals surface area (Å²) in [5.41, 5.74) is 3.94. The van der Waals surface area contributed by atoms with Gasteiger partial charge >= 0.3 is 12.1 Å². The Hall–Kier alpha value is -4.06. The summed E-state index contributed by atoms with van der Waals surface area (Å²) in [6, 6.07) is 11.5. The first-order valence-electron chi connectivity index (χ1n) is 10.7. The lowest BCUT2D eigenvalue weighted by atomic mass is 10.0. The molecule has 8 nitrogen and oxygen atoms in total. The average Bonchev–Trinajstić information content (AvgIpc) is 3.56. The predicted molar refractivity (Wildman–Crippen MR) is 128 cm³/mol. The fraction of sp³-hybridized carbons (Fsp3) is 0.208. The number of aromatic nitrogens is 3. The molecule has 2 N–H and O–H groups in total. The summed E-state index contributed by atoms with van der Waals surface area (Å²) < 4.78 is 34.0. The van der Waals surface area contributed by atoms with Gasteiger partial charge in [0.25, 0.3) is 11.5 Å². The number of rotatable bonds is 4. The second-order valence-corrected chi connectivity index (χ2v) is 8.87. The molecule has 0 atom stereocenters. The number of nitrogens with zero attached hydrogens (tertiary/aromatic N) is 3. The zero-order valence-corrected chi connectivity index (χ0v) is 19.6. The fourth-order valence-electron chi connectivity index (χ4n) is 3.36. The quantitative estimate of drug-likeness (QED) is 0.419. The van der Waals surface area contributed by atoms with E-state index in [1.165, 1.54) is 16.0 Å². The minimum absolute atomic E-state index is 0.0469. The molecule has 1 aliphatic carbocycles. The van der Waals surface area contributed by atoms with Gasteiger partial charge in [0.05, 0.1) is 10.1 Å². The maximum Gasteiger partial charge on any atom is 0.490 e. The van der Waals surface area contributed by atoms with Crippen molar-refractivity contribution in [3.63, 3.8) is 0 Å². The van der Waals surface area contributed by atoms with Crippen LogP contribution in [-0.2, 0) is 11.8 Å². The number of carboxylic acid groups (broad SMARTS) is 1. The van der Waals surface area contributed by atoms with Crippen LogP contribution in [0.4, 0.5) is 13.2 Å². The van der Waals surface area contributed by atoms with Crippen molar-refractivity contribution in [3.8, 4) is 22.4 Å². The first-order chi connectivity index (χ1) is 17.1. The highest BCUT2D eigenvalue weighted by Crippen LogP contribution is 2.36. The van der Waals surface area contributed by atoms with Crippen LogP contribution in [0.15, 0.2) is 59.0 Å². The summed E-state index contributed by atoms with van der Waals surface area (Å²) in [6.45, 7) is 0. The number of thiophene rings is 1. The van der Waals surface area contributed by atoms with Gasteiger partial charge in [-0.1, -0.05) is 12.1 Å². The molecule has 186 valence electrons. The topological polar surface area (TPSA) is 114 Å². The number of pyridine rings is 1. The third kappa shape index (κ3) is 5.43. The minimum atomic E-state index is -5.08. The van der Waals surface area contributed by atoms with Crippen LogP contribution >= 0.6 is 11.3 Å². The van der Waals surface area contributed by atoms with Gasteiger partial charge in [-0.05, 0) is 42.7 Å². The second-order valence-electron chi connectivity index (χ2n) is 7.99. The standard InChI is InChI=1S/C22H18N4O2S.C2HF3O2/c1-26-22(28)18-17(12-29-20(18)19(25-26)14-8-10-23-11-9-14)13-2-4-15(5-3-13)21(27)24-16-6-7-16;3-2(4,5)1(6)7/h2-5,8-12,16H,6-7H2,1H3,(H,24,27);(H,6,7). The number of hydrogen-bond donors (Lipinski definition) is 2. The summed E-state index contributed by atoms with van der Waals surface area (Å²) in [5.74, 6) is -2.80. The average molecular weight is 517 g/mol. The van der Waals surface area contributed by atoms with E-state index in [9.17, 15) is 22.8 Å². The number of amides is 1. The molecule has 3 aromatic heterocycles. The Balaban J connectivity index is 0.000000384. The van der Waals surface area contributed by atoms with E-state index in [1.54, 1.807) is 19.4 Å². The number of carbonyl (C=O) groups excluding carboxylic acids is 1. The summed E-state index contributed by atoms with van der Waals surface area (Å²) in [7, 11) is 1.67. The Morgan fingerprint density at radius 1 is 1.08 bits per heavy atom. The van der Waals surface area contributed by atoms with E-state index in [-0.39, 0.29) is 11.5 Å². The second kappa shape index (κ2) is 9.90. The highest BCUT2D eigenvalue weighted by molar-refractivity contribution is 7.18. The van der Waals surface area contributed by atoms with Gasteiger partial charge in [0.15, 0.2) is 0 Å². The van der Waals surface area contributed by atoms with Crippen molar-refractivity contribution in [1.82, 2.24) is 20.1 Å². The van der Waals surface area contributed by atoms with E-state index < -0.39 is 12.1 Å². The van der Waals surface area contributed by atoms with Gasteiger partial charge in [0.1, 0.15) is 5.69 Å². The Labute approximate surface area is 206 Å². The first-order valence-corrected chi connectivity index (χ1v) is 11.5. The number of fused-ring (bicyclic) bond motifs is 1. The number of carbonyl (C=O) groups is 2. The van der Waals surface area contributed by atoms with E-state index in [1.807, 2.05) is 41.8 Å². The molecule has 0 spiro atoms. The lowest BCUT2D eigenvalue weighted by Gasteiger charge is -2.07. The molecular weight excluding hydrogens is 497 g/mol. The molecule has 0 aliphatic heterocycles. The number of alkyl halides is 3. The van der Waals surface area contributed by atoms with Crippen LogP contribution in [0.1, 0.15) is 23.2 Å². The largest absolute Gasteiger partial charge is 0.490 e. The van der Waals surface area contributed by atoms with Gasteiger partial charge in [-0.2, -0.15) is 18.3 Å². The normalized spacial score (nSPS) is 13.1. The van der Waals surface area contributed by atoms with Gasteiger partial charge in [-0.3, -0.25) is 14.6 Å². The Morgan fingerprint density at radius 3 is 2.25 bits per heavy atom. The third-order valence-corrected chi connectivity index (χ3v) is 6.32. The van der Waals surface area contributed by atoms with E-state index in [0.717, 1.165) is 39.9 Å². The monoisotopic (exact) mass is 516 g/mol. The molecule has 3 heterocycles. The molecule has 1 fully saturated rings. The van der Waals surface area contributed by atoms with Crippen molar-refractivity contribution in [2.75, 3.05) is 0 Å². The first kappa shape index (κ1) is 25.0. The molecular formula is C24H19F3N4O4S. The molecule has 12 heteroatoms. The predicted octanol–water partition coefficient (Wildman–Crippen LogP) is 4.25. The van der Waals surface area contributed by atoms with Gasteiger partial charge in [0, 0.05) is 47.6 Å². The van der Waals surface area contributed by atoms with Crippen LogP contribution < -0.4 is 10.9 Å². The van der Waals surface area contributed by atoms with Crippen LogP contribution in [0, 0.1) is 0 Å². The number of benzene rings is 1. The van der Waals surface area contributed by atoms with Crippen LogP contribution in [-0.4, -0.2) is 44.0 Å². The van der Waals surface area contributed by atoms with Crippen molar-refractivity contribution < 1.29 is 27.9 Å². The highest BCUT2D eigenvalue weighted by Gasteiger charge is 2.38. The number of nitrogens with one attached hydrogen (secondary N) is 1. The number of aliphatic carboxylic acids is 1. The summed E-state index contributed by atoms with van der Waals surface area (Å²) >= 11 is 1.50. The summed E-state index contributed by atoms with van der Waals surface area (Å²) in [4.78, 5) is 38.1. The van der Waals surface area contributed by atoms with Gasteiger partial charge in [-0.25, -0.2) is 9.48 Å². The Kier molecular flexibility index (Phi) is 6.88. The molecule has 4 aromatic rings. The Morgan fingerprint density at radius 2 is 1.69 bits per heavy atom. The Bertz CT molecular complexity index is 1480. The van der Waals surface area contributed by atoms with Crippen molar-refractivity contribution in [2.24, 2.45) is 7.05 Å². The zero-order valence-electron chi connectivity index (χ0n) is 18.7. The number of aryl methyl sites for hydroxylation is 1. The molecule has 36 heavy (non-hydrogen) atoms. The van der Waals surface area contributed by atoms with Gasteiger partial charge in [0.2, 0.25) is 0 Å². The van der Waals surface area contributed by atoms with Crippen molar-refractivity contribution in [1.29, 1.82) is 0 Å². The minimum Gasteiger partial charge on any atom is -0.475 e. The molecule has 1 aliphatic rings. The SMILES string of the molecule is Cn1nc(-c2ccncc2)c2scc(-c3ccc(C(=O)NC4CC4)cc3)c2c1=O.O=C(O)C(F)(F)F. The molecule has 5 rings (SSSR count). The van der Waals surface area contributed by atoms with Crippen LogP contribution in [0.25, 0.3) is 32.5 Å².